The normalized spacial score (nSPS) is 21.8. The van der Waals surface area contributed by atoms with E-state index in [9.17, 15) is 0 Å². The number of hydrogen-bond acceptors (Lipinski definition) is 2. The number of aryl methyl sites for hydroxylation is 1. The topological polar surface area (TPSA) is 29.3 Å². The Hall–Kier alpha value is -0.860. The molecule has 1 fully saturated rings. The summed E-state index contributed by atoms with van der Waals surface area (Å²) in [6.45, 7) is 9.94. The lowest BCUT2D eigenvalue weighted by molar-refractivity contribution is 0.0964. The summed E-state index contributed by atoms with van der Waals surface area (Å²) in [4.78, 5) is 2.56. The van der Waals surface area contributed by atoms with E-state index in [0.29, 0.717) is 18.0 Å². The highest BCUT2D eigenvalue weighted by Crippen LogP contribution is 2.33. The van der Waals surface area contributed by atoms with Crippen LogP contribution in [-0.4, -0.2) is 24.5 Å². The summed E-state index contributed by atoms with van der Waals surface area (Å²) in [7, 11) is 0. The zero-order valence-corrected chi connectivity index (χ0v) is 11.9. The van der Waals surface area contributed by atoms with Gasteiger partial charge in [-0.2, -0.15) is 0 Å². The minimum atomic E-state index is 0.390. The lowest BCUT2D eigenvalue weighted by atomic mass is 9.82. The van der Waals surface area contributed by atoms with Crippen LogP contribution in [0.1, 0.15) is 43.9 Å². The van der Waals surface area contributed by atoms with E-state index in [-0.39, 0.29) is 0 Å². The fraction of sp³-hybridized carbons (Fsp3) is 0.625. The Morgan fingerprint density at radius 3 is 2.50 bits per heavy atom. The van der Waals surface area contributed by atoms with E-state index >= 15 is 0 Å². The number of rotatable bonds is 3. The van der Waals surface area contributed by atoms with Gasteiger partial charge in [0.25, 0.3) is 0 Å². The van der Waals surface area contributed by atoms with Crippen LogP contribution < -0.4 is 5.73 Å². The van der Waals surface area contributed by atoms with Crippen LogP contribution in [0.15, 0.2) is 24.3 Å². The van der Waals surface area contributed by atoms with Gasteiger partial charge in [0.1, 0.15) is 0 Å². The second-order valence-corrected chi connectivity index (χ2v) is 6.37. The molecule has 0 spiro atoms. The highest BCUT2D eigenvalue weighted by atomic mass is 15.2. The van der Waals surface area contributed by atoms with Gasteiger partial charge in [0, 0.05) is 12.6 Å². The monoisotopic (exact) mass is 246 g/mol. The first-order valence-electron chi connectivity index (χ1n) is 7.02. The van der Waals surface area contributed by atoms with Crippen LogP contribution in [0, 0.1) is 12.3 Å². The summed E-state index contributed by atoms with van der Waals surface area (Å²) in [6, 6.07) is 9.17. The van der Waals surface area contributed by atoms with E-state index < -0.39 is 0 Å². The van der Waals surface area contributed by atoms with Crippen molar-refractivity contribution in [2.45, 2.75) is 39.7 Å². The summed E-state index contributed by atoms with van der Waals surface area (Å²) in [5.74, 6) is 0. The van der Waals surface area contributed by atoms with Crippen molar-refractivity contribution in [2.75, 3.05) is 19.6 Å². The van der Waals surface area contributed by atoms with Gasteiger partial charge in [0.05, 0.1) is 0 Å². The fourth-order valence-electron chi connectivity index (χ4n) is 2.81. The lowest BCUT2D eigenvalue weighted by Crippen LogP contribution is -2.42. The second kappa shape index (κ2) is 5.41. The summed E-state index contributed by atoms with van der Waals surface area (Å²) in [6.07, 6.45) is 2.55. The second-order valence-electron chi connectivity index (χ2n) is 6.37. The van der Waals surface area contributed by atoms with Crippen molar-refractivity contribution in [3.05, 3.63) is 35.4 Å². The molecule has 2 heteroatoms. The van der Waals surface area contributed by atoms with Crippen LogP contribution in [0.4, 0.5) is 0 Å². The van der Waals surface area contributed by atoms with Gasteiger partial charge >= 0.3 is 0 Å². The van der Waals surface area contributed by atoms with Crippen molar-refractivity contribution in [3.63, 3.8) is 0 Å². The average Bonchev–Trinajstić information content (AvgIpc) is 2.32. The maximum absolute atomic E-state index is 6.01. The lowest BCUT2D eigenvalue weighted by Gasteiger charge is -2.41. The molecule has 18 heavy (non-hydrogen) atoms. The third-order valence-electron chi connectivity index (χ3n) is 4.24. The summed E-state index contributed by atoms with van der Waals surface area (Å²) in [5, 5.41) is 0. The molecule has 0 amide bonds. The van der Waals surface area contributed by atoms with Crippen LogP contribution in [0.25, 0.3) is 0 Å². The van der Waals surface area contributed by atoms with Gasteiger partial charge in [-0.25, -0.2) is 0 Å². The van der Waals surface area contributed by atoms with Crippen LogP contribution in [0.5, 0.6) is 0 Å². The summed E-state index contributed by atoms with van der Waals surface area (Å²) < 4.78 is 0. The molecule has 2 nitrogen and oxygen atoms in total. The molecular weight excluding hydrogens is 220 g/mol. The largest absolute Gasteiger partial charge is 0.329 e. The van der Waals surface area contributed by atoms with Gasteiger partial charge < -0.3 is 5.73 Å². The van der Waals surface area contributed by atoms with Gasteiger partial charge in [-0.3, -0.25) is 4.90 Å². The molecule has 1 atom stereocenters. The molecule has 2 N–H and O–H groups in total. The van der Waals surface area contributed by atoms with E-state index in [0.717, 1.165) is 0 Å². The van der Waals surface area contributed by atoms with Crippen molar-refractivity contribution < 1.29 is 0 Å². The molecule has 0 radical (unpaired) electrons. The Morgan fingerprint density at radius 1 is 1.28 bits per heavy atom. The van der Waals surface area contributed by atoms with Gasteiger partial charge in [0.15, 0.2) is 0 Å². The fourth-order valence-corrected chi connectivity index (χ4v) is 2.81. The highest BCUT2D eigenvalue weighted by molar-refractivity contribution is 5.25. The SMILES string of the molecule is Cc1cccc(C(CN)N2CCC(C)(C)CC2)c1. The van der Waals surface area contributed by atoms with Gasteiger partial charge in [-0.1, -0.05) is 43.7 Å². The Bertz CT molecular complexity index is 388. The molecular formula is C16H26N2. The number of hydrogen-bond donors (Lipinski definition) is 1. The predicted molar refractivity (Wildman–Crippen MR) is 77.6 cm³/mol. The van der Waals surface area contributed by atoms with E-state index in [1.54, 1.807) is 0 Å². The zero-order valence-electron chi connectivity index (χ0n) is 11.9. The van der Waals surface area contributed by atoms with Crippen molar-refractivity contribution in [3.8, 4) is 0 Å². The molecule has 0 bridgehead atoms. The molecule has 1 aliphatic heterocycles. The minimum Gasteiger partial charge on any atom is -0.329 e. The first-order valence-corrected chi connectivity index (χ1v) is 7.02. The van der Waals surface area contributed by atoms with Crippen molar-refractivity contribution in [1.82, 2.24) is 4.90 Å². The molecule has 1 heterocycles. The minimum absolute atomic E-state index is 0.390. The average molecular weight is 246 g/mol. The third-order valence-corrected chi connectivity index (χ3v) is 4.24. The number of piperidine rings is 1. The molecule has 1 aliphatic rings. The van der Waals surface area contributed by atoms with E-state index in [2.05, 4.69) is 49.9 Å². The summed E-state index contributed by atoms with van der Waals surface area (Å²) >= 11 is 0. The molecule has 0 aliphatic carbocycles. The van der Waals surface area contributed by atoms with Crippen LogP contribution in [0.3, 0.4) is 0 Å². The molecule has 100 valence electrons. The first kappa shape index (κ1) is 13.6. The first-order chi connectivity index (χ1) is 8.52. The number of likely N-dealkylation sites (tertiary alicyclic amines) is 1. The Labute approximate surface area is 111 Å². The van der Waals surface area contributed by atoms with Crippen LogP contribution in [-0.2, 0) is 0 Å². The van der Waals surface area contributed by atoms with Gasteiger partial charge in [-0.15, -0.1) is 0 Å². The van der Waals surface area contributed by atoms with Crippen molar-refractivity contribution in [2.24, 2.45) is 11.1 Å². The Kier molecular flexibility index (Phi) is 4.08. The van der Waals surface area contributed by atoms with E-state index in [4.69, 9.17) is 5.73 Å². The molecule has 0 saturated carbocycles. The third kappa shape index (κ3) is 3.12. The molecule has 1 unspecified atom stereocenters. The predicted octanol–water partition coefficient (Wildman–Crippen LogP) is 3.12. The quantitative estimate of drug-likeness (QED) is 0.888. The maximum Gasteiger partial charge on any atom is 0.0470 e. The van der Waals surface area contributed by atoms with Crippen molar-refractivity contribution in [1.29, 1.82) is 0 Å². The van der Waals surface area contributed by atoms with Crippen LogP contribution in [0.2, 0.25) is 0 Å². The molecule has 2 rings (SSSR count). The maximum atomic E-state index is 6.01. The molecule has 1 aromatic carbocycles. The standard InChI is InChI=1S/C16H26N2/c1-13-5-4-6-14(11-13)15(12-17)18-9-7-16(2,3)8-10-18/h4-6,11,15H,7-10,12,17H2,1-3H3. The van der Waals surface area contributed by atoms with Crippen molar-refractivity contribution >= 4 is 0 Å². The number of benzene rings is 1. The molecule has 1 aromatic rings. The smallest absolute Gasteiger partial charge is 0.0470 e. The number of nitrogens with two attached hydrogens (primary N) is 1. The van der Waals surface area contributed by atoms with Crippen LogP contribution >= 0.6 is 0 Å². The highest BCUT2D eigenvalue weighted by Gasteiger charge is 2.29. The van der Waals surface area contributed by atoms with Gasteiger partial charge in [-0.05, 0) is 43.8 Å². The summed E-state index contributed by atoms with van der Waals surface area (Å²) in [5.41, 5.74) is 9.21. The Morgan fingerprint density at radius 2 is 1.94 bits per heavy atom. The number of nitrogens with zero attached hydrogens (tertiary/aromatic N) is 1. The Balaban J connectivity index is 2.10. The van der Waals surface area contributed by atoms with E-state index in [1.807, 2.05) is 0 Å². The molecule has 0 aromatic heterocycles. The van der Waals surface area contributed by atoms with Gasteiger partial charge in [0.2, 0.25) is 0 Å². The zero-order chi connectivity index (χ0) is 13.2. The van der Waals surface area contributed by atoms with E-state index in [1.165, 1.54) is 37.1 Å². The molecule has 1 saturated heterocycles.